The Bertz CT molecular complexity index is 1080. The highest BCUT2D eigenvalue weighted by molar-refractivity contribution is 6.34. The summed E-state index contributed by atoms with van der Waals surface area (Å²) >= 11 is 11.8. The van der Waals surface area contributed by atoms with Crippen molar-refractivity contribution in [2.45, 2.75) is 6.54 Å². The number of nitrogens with one attached hydrogen (secondary N) is 1. The van der Waals surface area contributed by atoms with Crippen LogP contribution < -0.4 is 16.2 Å². The molecule has 0 aliphatic carbocycles. The number of hydrogen-bond acceptors (Lipinski definition) is 4. The minimum atomic E-state index is -0.788. The summed E-state index contributed by atoms with van der Waals surface area (Å²) in [5.74, 6) is 5.60. The number of rotatable bonds is 4. The number of halogens is 2. The van der Waals surface area contributed by atoms with Gasteiger partial charge < -0.3 is 9.26 Å². The fourth-order valence-corrected chi connectivity index (χ4v) is 2.71. The van der Waals surface area contributed by atoms with Gasteiger partial charge in [-0.15, -0.1) is 4.74 Å². The van der Waals surface area contributed by atoms with Gasteiger partial charge in [-0.3, -0.25) is 0 Å². The first-order valence-electron chi connectivity index (χ1n) is 7.47. The Kier molecular flexibility index (Phi) is 5.52. The summed E-state index contributed by atoms with van der Waals surface area (Å²) in [6.07, 6.45) is 0. The summed E-state index contributed by atoms with van der Waals surface area (Å²) in [6, 6.07) is 12.1. The van der Waals surface area contributed by atoms with Crippen molar-refractivity contribution in [2.75, 3.05) is 6.61 Å². The molecule has 0 spiro atoms. The van der Waals surface area contributed by atoms with E-state index >= 15 is 0 Å². The Morgan fingerprint density at radius 3 is 2.58 bits per heavy atom. The molecule has 0 aliphatic heterocycles. The normalized spacial score (nSPS) is 10.2. The van der Waals surface area contributed by atoms with Crippen LogP contribution in [0.2, 0.25) is 10.0 Å². The average molecular weight is 391 g/mol. The maximum atomic E-state index is 11.5. The quantitative estimate of drug-likeness (QED) is 0.694. The summed E-state index contributed by atoms with van der Waals surface area (Å²) in [7, 11) is 0. The van der Waals surface area contributed by atoms with E-state index < -0.39 is 11.4 Å². The zero-order chi connectivity index (χ0) is 18.5. The molecule has 0 atom stereocenters. The minimum absolute atomic E-state index is 0.130. The molecule has 8 heteroatoms. The van der Waals surface area contributed by atoms with Gasteiger partial charge in [0.25, 0.3) is 0 Å². The van der Waals surface area contributed by atoms with Crippen molar-refractivity contribution in [3.8, 4) is 17.6 Å². The molecule has 1 heterocycles. The van der Waals surface area contributed by atoms with Gasteiger partial charge in [0.1, 0.15) is 12.4 Å². The number of benzene rings is 2. The second-order valence-electron chi connectivity index (χ2n) is 5.24. The molecule has 3 rings (SSSR count). The van der Waals surface area contributed by atoms with E-state index in [4.69, 9.17) is 32.5 Å². The molecule has 26 heavy (non-hydrogen) atoms. The maximum absolute atomic E-state index is 11.5. The Hall–Kier alpha value is -2.88. The highest BCUT2D eigenvalue weighted by Crippen LogP contribution is 2.23. The number of ether oxygens (including phenoxy) is 1. The Morgan fingerprint density at radius 2 is 1.88 bits per heavy atom. The molecule has 0 unspecified atom stereocenters. The van der Waals surface area contributed by atoms with Gasteiger partial charge in [0.05, 0.1) is 6.54 Å². The third-order valence-electron chi connectivity index (χ3n) is 3.26. The number of aromatic amines is 1. The molecular weight excluding hydrogens is 379 g/mol. The van der Waals surface area contributed by atoms with Crippen LogP contribution in [-0.4, -0.2) is 16.3 Å². The van der Waals surface area contributed by atoms with Crippen LogP contribution >= 0.6 is 23.2 Å². The monoisotopic (exact) mass is 390 g/mol. The van der Waals surface area contributed by atoms with Crippen LogP contribution in [0, 0.1) is 11.8 Å². The molecule has 3 aromatic rings. The Labute approximate surface area is 157 Å². The van der Waals surface area contributed by atoms with Crippen molar-refractivity contribution in [1.29, 1.82) is 0 Å². The van der Waals surface area contributed by atoms with Crippen molar-refractivity contribution in [3.05, 3.63) is 84.7 Å². The van der Waals surface area contributed by atoms with Gasteiger partial charge in [0.15, 0.2) is 0 Å². The van der Waals surface area contributed by atoms with E-state index in [1.54, 1.807) is 36.4 Å². The van der Waals surface area contributed by atoms with Gasteiger partial charge in [-0.05, 0) is 35.9 Å². The second-order valence-corrected chi connectivity index (χ2v) is 6.11. The summed E-state index contributed by atoms with van der Waals surface area (Å²) in [5, 5.41) is 0.972. The zero-order valence-electron chi connectivity index (χ0n) is 13.3. The van der Waals surface area contributed by atoms with Gasteiger partial charge in [-0.2, -0.15) is 0 Å². The lowest BCUT2D eigenvalue weighted by molar-refractivity contribution is 0.258. The van der Waals surface area contributed by atoms with Crippen LogP contribution in [0.1, 0.15) is 11.1 Å². The summed E-state index contributed by atoms with van der Waals surface area (Å²) < 4.78 is 11.2. The molecule has 0 aliphatic rings. The number of H-pyrrole nitrogens is 1. The van der Waals surface area contributed by atoms with Gasteiger partial charge in [-0.25, -0.2) is 14.6 Å². The van der Waals surface area contributed by atoms with E-state index in [-0.39, 0.29) is 13.2 Å². The predicted octanol–water partition coefficient (Wildman–Crippen LogP) is 2.92. The molecule has 0 bridgehead atoms. The molecule has 0 saturated heterocycles. The van der Waals surface area contributed by atoms with Crippen molar-refractivity contribution in [3.63, 3.8) is 0 Å². The first kappa shape index (κ1) is 17.9. The van der Waals surface area contributed by atoms with Crippen LogP contribution in [0.4, 0.5) is 0 Å². The predicted molar refractivity (Wildman–Crippen MR) is 98.0 cm³/mol. The fourth-order valence-electron chi connectivity index (χ4n) is 2.20. The van der Waals surface area contributed by atoms with Crippen LogP contribution in [0.25, 0.3) is 0 Å². The van der Waals surface area contributed by atoms with Crippen molar-refractivity contribution in [2.24, 2.45) is 0 Å². The summed E-state index contributed by atoms with van der Waals surface area (Å²) in [6.45, 7) is 0.289. The lowest BCUT2D eigenvalue weighted by Crippen LogP contribution is -2.17. The zero-order valence-corrected chi connectivity index (χ0v) is 14.8. The van der Waals surface area contributed by atoms with Crippen molar-refractivity contribution in [1.82, 2.24) is 9.72 Å². The van der Waals surface area contributed by atoms with Gasteiger partial charge in [0, 0.05) is 15.6 Å². The molecule has 0 saturated carbocycles. The number of aromatic nitrogens is 2. The lowest BCUT2D eigenvalue weighted by atomic mass is 10.1. The van der Waals surface area contributed by atoms with Crippen LogP contribution in [0.15, 0.2) is 56.6 Å². The largest absolute Gasteiger partial charge is 0.481 e. The molecule has 6 nitrogen and oxygen atoms in total. The number of hydrogen-bond donors (Lipinski definition) is 1. The maximum Gasteiger partial charge on any atom is 0.440 e. The van der Waals surface area contributed by atoms with Crippen LogP contribution in [-0.2, 0) is 6.54 Å². The molecule has 1 aromatic heterocycles. The molecular formula is C18H12Cl2N2O4. The molecule has 0 fully saturated rings. The van der Waals surface area contributed by atoms with Crippen molar-refractivity contribution < 1.29 is 9.26 Å². The Balaban J connectivity index is 1.65. The lowest BCUT2D eigenvalue weighted by Gasteiger charge is -2.03. The van der Waals surface area contributed by atoms with Crippen molar-refractivity contribution >= 4 is 23.2 Å². The highest BCUT2D eigenvalue weighted by Gasteiger charge is 2.04. The second kappa shape index (κ2) is 8.00. The SMILES string of the molecule is O=c1[nH]c(=O)n(Cc2cccc(C#CCOc3cc(Cl)cc(Cl)c3)c2)o1. The van der Waals surface area contributed by atoms with Gasteiger partial charge in [-0.1, -0.05) is 47.2 Å². The first-order chi connectivity index (χ1) is 12.5. The molecule has 132 valence electrons. The first-order valence-corrected chi connectivity index (χ1v) is 8.22. The van der Waals surface area contributed by atoms with E-state index in [1.807, 2.05) is 11.1 Å². The highest BCUT2D eigenvalue weighted by atomic mass is 35.5. The number of nitrogens with zero attached hydrogens (tertiary/aromatic N) is 1. The van der Waals surface area contributed by atoms with E-state index in [2.05, 4.69) is 11.8 Å². The van der Waals surface area contributed by atoms with Crippen LogP contribution in [0.3, 0.4) is 0 Å². The third-order valence-corrected chi connectivity index (χ3v) is 3.70. The standard InChI is InChI=1S/C18H12Cl2N2O4/c19-14-8-15(20)10-16(9-14)25-6-2-5-12-3-1-4-13(7-12)11-22-17(23)21-18(24)26-22/h1,3-4,7-10H,6,11H2,(H,21,23,24). The smallest absolute Gasteiger partial charge is 0.440 e. The van der Waals surface area contributed by atoms with E-state index in [0.717, 1.165) is 15.9 Å². The summed E-state index contributed by atoms with van der Waals surface area (Å²) in [5.41, 5.74) is 0.908. The van der Waals surface area contributed by atoms with E-state index in [0.29, 0.717) is 15.8 Å². The topological polar surface area (TPSA) is 77.2 Å². The third kappa shape index (κ3) is 4.82. The van der Waals surface area contributed by atoms with Gasteiger partial charge in [0.2, 0.25) is 0 Å². The molecule has 0 radical (unpaired) electrons. The minimum Gasteiger partial charge on any atom is -0.481 e. The van der Waals surface area contributed by atoms with E-state index in [9.17, 15) is 9.59 Å². The summed E-state index contributed by atoms with van der Waals surface area (Å²) in [4.78, 5) is 24.5. The van der Waals surface area contributed by atoms with Crippen LogP contribution in [0.5, 0.6) is 5.75 Å². The Morgan fingerprint density at radius 1 is 1.12 bits per heavy atom. The van der Waals surface area contributed by atoms with E-state index in [1.165, 1.54) is 0 Å². The fraction of sp³-hybridized carbons (Fsp3) is 0.111. The molecule has 1 N–H and O–H groups in total. The average Bonchev–Trinajstić information content (AvgIpc) is 2.88. The molecule has 0 amide bonds. The van der Waals surface area contributed by atoms with Gasteiger partial charge >= 0.3 is 11.4 Å². The molecule has 2 aromatic carbocycles.